The molecule has 0 aromatic carbocycles. The number of unbranched alkanes of at least 4 members (excludes halogenated alkanes) is 9. The van der Waals surface area contributed by atoms with E-state index in [1.807, 2.05) is 0 Å². The van der Waals surface area contributed by atoms with Crippen LogP contribution in [-0.4, -0.2) is 25.2 Å². The molecule has 0 heterocycles. The van der Waals surface area contributed by atoms with Gasteiger partial charge in [0.2, 0.25) is 0 Å². The Hall–Kier alpha value is -1.58. The van der Waals surface area contributed by atoms with Crippen molar-refractivity contribution < 1.29 is 19.1 Å². The molecule has 0 saturated heterocycles. The molecule has 0 fully saturated rings. The summed E-state index contributed by atoms with van der Waals surface area (Å²) in [6.45, 7) is 8.18. The summed E-state index contributed by atoms with van der Waals surface area (Å²) in [6.07, 6.45) is 14.6. The summed E-state index contributed by atoms with van der Waals surface area (Å²) in [4.78, 5) is 22.7. The van der Waals surface area contributed by atoms with Crippen molar-refractivity contribution >= 4 is 11.9 Å². The van der Waals surface area contributed by atoms with Crippen LogP contribution in [0.2, 0.25) is 0 Å². The van der Waals surface area contributed by atoms with Crippen molar-refractivity contribution in [3.05, 3.63) is 24.3 Å². The minimum absolute atomic E-state index is 0.164. The highest BCUT2D eigenvalue weighted by molar-refractivity contribution is 5.91. The minimum atomic E-state index is -0.561. The van der Waals surface area contributed by atoms with E-state index in [0.29, 0.717) is 6.61 Å². The Labute approximate surface area is 147 Å². The van der Waals surface area contributed by atoms with Crippen LogP contribution in [0.5, 0.6) is 0 Å². The van der Waals surface area contributed by atoms with Gasteiger partial charge in [0, 0.05) is 12.2 Å². The van der Waals surface area contributed by atoms with Crippen LogP contribution >= 0.6 is 0 Å². The number of hydrogen-bond acceptors (Lipinski definition) is 4. The van der Waals surface area contributed by atoms with Crippen LogP contribution < -0.4 is 0 Å². The van der Waals surface area contributed by atoms with E-state index in [1.54, 1.807) is 6.92 Å². The molecule has 4 nitrogen and oxygen atoms in total. The van der Waals surface area contributed by atoms with Gasteiger partial charge in [-0.05, 0) is 18.9 Å². The van der Waals surface area contributed by atoms with Crippen LogP contribution in [0, 0.1) is 0 Å². The normalized spacial score (nSPS) is 10.8. The third-order valence-electron chi connectivity index (χ3n) is 3.56. The van der Waals surface area contributed by atoms with E-state index in [4.69, 9.17) is 9.47 Å². The van der Waals surface area contributed by atoms with Gasteiger partial charge in [0.25, 0.3) is 0 Å². The van der Waals surface area contributed by atoms with E-state index >= 15 is 0 Å². The third-order valence-corrected chi connectivity index (χ3v) is 3.56. The molecule has 0 spiro atoms. The number of ether oxygens (including phenoxy) is 2. The van der Waals surface area contributed by atoms with Crippen LogP contribution in [0.25, 0.3) is 0 Å². The van der Waals surface area contributed by atoms with Gasteiger partial charge in [0.1, 0.15) is 6.61 Å². The molecule has 0 aliphatic heterocycles. The van der Waals surface area contributed by atoms with E-state index in [9.17, 15) is 9.59 Å². The predicted molar refractivity (Wildman–Crippen MR) is 97.7 cm³/mol. The Kier molecular flexibility index (Phi) is 15.2. The Morgan fingerprint density at radius 2 is 1.25 bits per heavy atom. The van der Waals surface area contributed by atoms with Gasteiger partial charge in [-0.1, -0.05) is 71.3 Å². The first-order valence-electron chi connectivity index (χ1n) is 9.22. The number of carbonyl (C=O) groups is 2. The molecule has 0 saturated carbocycles. The molecule has 0 rings (SSSR count). The van der Waals surface area contributed by atoms with Gasteiger partial charge >= 0.3 is 11.9 Å². The maximum atomic E-state index is 11.4. The van der Waals surface area contributed by atoms with Crippen molar-refractivity contribution in [3.63, 3.8) is 0 Å². The molecule has 4 heteroatoms. The highest BCUT2D eigenvalue weighted by Gasteiger charge is 2.01. The number of esters is 2. The monoisotopic (exact) mass is 338 g/mol. The zero-order valence-electron chi connectivity index (χ0n) is 15.5. The van der Waals surface area contributed by atoms with E-state index < -0.39 is 11.9 Å². The van der Waals surface area contributed by atoms with Crippen molar-refractivity contribution in [1.82, 2.24) is 0 Å². The second kappa shape index (κ2) is 16.3. The highest BCUT2D eigenvalue weighted by atomic mass is 16.5. The molecule has 0 aromatic heterocycles. The van der Waals surface area contributed by atoms with Crippen molar-refractivity contribution in [3.8, 4) is 0 Å². The first-order valence-corrected chi connectivity index (χ1v) is 9.22. The Bertz CT molecular complexity index is 385. The molecule has 0 radical (unpaired) electrons. The third kappa shape index (κ3) is 16.8. The average Bonchev–Trinajstić information content (AvgIpc) is 2.56. The average molecular weight is 338 g/mol. The lowest BCUT2D eigenvalue weighted by atomic mass is 10.1. The van der Waals surface area contributed by atoms with Gasteiger partial charge < -0.3 is 9.47 Å². The Balaban J connectivity index is 3.42. The van der Waals surface area contributed by atoms with E-state index in [2.05, 4.69) is 13.5 Å². The van der Waals surface area contributed by atoms with Crippen LogP contribution in [-0.2, 0) is 19.1 Å². The lowest BCUT2D eigenvalue weighted by Gasteiger charge is -2.03. The fraction of sp³-hybridized carbons (Fsp3) is 0.700. The van der Waals surface area contributed by atoms with Gasteiger partial charge in [-0.3, -0.25) is 0 Å². The van der Waals surface area contributed by atoms with E-state index in [0.717, 1.165) is 30.6 Å². The largest absolute Gasteiger partial charge is 0.463 e. The molecule has 0 unspecified atom stereocenters. The Morgan fingerprint density at radius 3 is 1.75 bits per heavy atom. The SMILES string of the molecule is C=C(C)COC(=O)C=CC(=O)OCCCCCCCCCCCC. The predicted octanol–water partition coefficient (Wildman–Crippen LogP) is 5.13. The van der Waals surface area contributed by atoms with Crippen molar-refractivity contribution in [2.45, 2.75) is 78.1 Å². The minimum Gasteiger partial charge on any atom is -0.463 e. The van der Waals surface area contributed by atoms with Crippen LogP contribution in [0.3, 0.4) is 0 Å². The standard InChI is InChI=1S/C20H34O4/c1-4-5-6-7-8-9-10-11-12-13-16-23-19(21)14-15-20(22)24-17-18(2)3/h14-15H,2,4-13,16-17H2,1,3H3. The van der Waals surface area contributed by atoms with Gasteiger partial charge in [-0.15, -0.1) is 0 Å². The molecule has 0 amide bonds. The van der Waals surface area contributed by atoms with E-state index in [-0.39, 0.29) is 6.61 Å². The molecule has 0 aromatic rings. The van der Waals surface area contributed by atoms with Crippen molar-refractivity contribution in [2.24, 2.45) is 0 Å². The molecule has 0 atom stereocenters. The molecular formula is C20H34O4. The lowest BCUT2D eigenvalue weighted by Crippen LogP contribution is -2.06. The molecular weight excluding hydrogens is 304 g/mol. The summed E-state index contributed by atoms with van der Waals surface area (Å²) in [5.74, 6) is -1.06. The fourth-order valence-corrected chi connectivity index (χ4v) is 2.19. The summed E-state index contributed by atoms with van der Waals surface area (Å²) in [7, 11) is 0. The van der Waals surface area contributed by atoms with Crippen molar-refractivity contribution in [2.75, 3.05) is 13.2 Å². The molecule has 0 aliphatic carbocycles. The molecule has 0 aliphatic rings. The summed E-state index contributed by atoms with van der Waals surface area (Å²) < 4.78 is 9.87. The topological polar surface area (TPSA) is 52.6 Å². The highest BCUT2D eigenvalue weighted by Crippen LogP contribution is 2.10. The number of hydrogen-bond donors (Lipinski definition) is 0. The number of rotatable bonds is 15. The van der Waals surface area contributed by atoms with Crippen LogP contribution in [0.4, 0.5) is 0 Å². The summed E-state index contributed by atoms with van der Waals surface area (Å²) >= 11 is 0. The maximum absolute atomic E-state index is 11.4. The second-order valence-corrected chi connectivity index (χ2v) is 6.25. The molecule has 138 valence electrons. The quantitative estimate of drug-likeness (QED) is 0.180. The zero-order chi connectivity index (χ0) is 18.0. The van der Waals surface area contributed by atoms with Gasteiger partial charge in [0.05, 0.1) is 6.61 Å². The molecule has 0 bridgehead atoms. The van der Waals surface area contributed by atoms with Gasteiger partial charge in [-0.25, -0.2) is 9.59 Å². The fourth-order valence-electron chi connectivity index (χ4n) is 2.19. The number of carbonyl (C=O) groups excluding carboxylic acids is 2. The maximum Gasteiger partial charge on any atom is 0.331 e. The second-order valence-electron chi connectivity index (χ2n) is 6.25. The smallest absolute Gasteiger partial charge is 0.331 e. The summed E-state index contributed by atoms with van der Waals surface area (Å²) in [6, 6.07) is 0. The first kappa shape index (κ1) is 22.4. The van der Waals surface area contributed by atoms with Gasteiger partial charge in [0.15, 0.2) is 0 Å². The summed E-state index contributed by atoms with van der Waals surface area (Å²) in [5, 5.41) is 0. The first-order chi connectivity index (χ1) is 11.6. The lowest BCUT2D eigenvalue weighted by molar-refractivity contribution is -0.140. The zero-order valence-corrected chi connectivity index (χ0v) is 15.5. The van der Waals surface area contributed by atoms with Gasteiger partial charge in [-0.2, -0.15) is 0 Å². The van der Waals surface area contributed by atoms with E-state index in [1.165, 1.54) is 51.4 Å². The Morgan fingerprint density at radius 1 is 0.792 bits per heavy atom. The van der Waals surface area contributed by atoms with Crippen molar-refractivity contribution in [1.29, 1.82) is 0 Å². The van der Waals surface area contributed by atoms with Crippen LogP contribution in [0.1, 0.15) is 78.1 Å². The molecule has 0 N–H and O–H groups in total. The summed E-state index contributed by atoms with van der Waals surface area (Å²) in [5.41, 5.74) is 0.750. The molecule has 24 heavy (non-hydrogen) atoms. The van der Waals surface area contributed by atoms with Crippen LogP contribution in [0.15, 0.2) is 24.3 Å².